The fraction of sp³-hybridized carbons (Fsp3) is 1.00. The Morgan fingerprint density at radius 3 is 1.07 bits per heavy atom. The van der Waals surface area contributed by atoms with E-state index in [0.717, 1.165) is 235 Å². The lowest BCUT2D eigenvalue weighted by molar-refractivity contribution is -0.0139. The zero-order chi connectivity index (χ0) is 73.0. The van der Waals surface area contributed by atoms with Crippen LogP contribution in [0.15, 0.2) is 0 Å². The van der Waals surface area contributed by atoms with Gasteiger partial charge in [0.2, 0.25) is 0 Å². The summed E-state index contributed by atoms with van der Waals surface area (Å²) in [5.74, 6) is 0.790. The number of morpholine rings is 3. The maximum Gasteiger partial charge on any atom is 0.0677 e. The highest BCUT2D eigenvalue weighted by Gasteiger charge is 2.15. The van der Waals surface area contributed by atoms with Crippen molar-refractivity contribution in [2.45, 2.75) is 146 Å². The Kier molecular flexibility index (Phi) is 82.0. The van der Waals surface area contributed by atoms with E-state index in [4.69, 9.17) is 37.9 Å². The van der Waals surface area contributed by atoms with Crippen LogP contribution in [-0.4, -0.2) is 431 Å². The molecule has 95 heavy (non-hydrogen) atoms. The Morgan fingerprint density at radius 2 is 0.705 bits per heavy atom. The third kappa shape index (κ3) is 87.3. The Hall–Kier alpha value is -0.840. The molecular weight excluding hydrogens is 1200 g/mol. The van der Waals surface area contributed by atoms with E-state index in [9.17, 15) is 0 Å². The SMILES string of the molecule is CC(C)CN1CCOCC1.CC(CN(C)C)OC(C)CN(C)C.CC(CN(C)C)OCCN(C)C.CCC(C)N1CCOCC1.CCCCCCOCCCN(C)C.CCN(CC)CCOCCN(CC)CC.CN(C)CCN1CCOCC1.CN(C)CCOCCN(C)C. The van der Waals surface area contributed by atoms with Gasteiger partial charge in [0.05, 0.1) is 91.0 Å². The van der Waals surface area contributed by atoms with Gasteiger partial charge in [-0.2, -0.15) is 0 Å². The molecule has 3 aliphatic rings. The Balaban J connectivity index is -0.000000326. The van der Waals surface area contributed by atoms with Crippen LogP contribution in [0.4, 0.5) is 0 Å². The molecule has 0 spiro atoms. The van der Waals surface area contributed by atoms with Crippen LogP contribution in [0.25, 0.3) is 0 Å². The molecule has 21 nitrogen and oxygen atoms in total. The zero-order valence-electron chi connectivity index (χ0n) is 69.0. The van der Waals surface area contributed by atoms with Crippen LogP contribution < -0.4 is 0 Å². The lowest BCUT2D eigenvalue weighted by atomic mass is 10.2. The quantitative estimate of drug-likeness (QED) is 0.0554. The monoisotopic (exact) mass is 1370 g/mol. The van der Waals surface area contributed by atoms with Crippen molar-refractivity contribution < 1.29 is 37.9 Å². The van der Waals surface area contributed by atoms with Crippen LogP contribution in [-0.2, 0) is 37.9 Å². The minimum atomic E-state index is 0.310. The first-order valence-corrected chi connectivity index (χ1v) is 37.6. The fourth-order valence-electron chi connectivity index (χ4n) is 9.64. The Labute approximate surface area is 593 Å². The number of hydrogen-bond acceptors (Lipinski definition) is 21. The third-order valence-electron chi connectivity index (χ3n) is 15.5. The van der Waals surface area contributed by atoms with Crippen molar-refractivity contribution in [3.8, 4) is 0 Å². The molecular formula is C74H171N13O8. The molecule has 0 amide bonds. The molecule has 3 heterocycles. The van der Waals surface area contributed by atoms with Crippen LogP contribution >= 0.6 is 0 Å². The van der Waals surface area contributed by atoms with Gasteiger partial charge < -0.3 is 86.9 Å². The smallest absolute Gasteiger partial charge is 0.0677 e. The fourth-order valence-corrected chi connectivity index (χ4v) is 9.64. The van der Waals surface area contributed by atoms with Crippen molar-refractivity contribution in [2.24, 2.45) is 5.92 Å². The van der Waals surface area contributed by atoms with Crippen molar-refractivity contribution in [1.29, 1.82) is 0 Å². The van der Waals surface area contributed by atoms with E-state index in [0.29, 0.717) is 18.3 Å². The van der Waals surface area contributed by atoms with Gasteiger partial charge in [-0.05, 0) is 198 Å². The van der Waals surface area contributed by atoms with Gasteiger partial charge in [0.1, 0.15) is 0 Å². The minimum Gasteiger partial charge on any atom is -0.381 e. The predicted octanol–water partition coefficient (Wildman–Crippen LogP) is 7.74. The maximum atomic E-state index is 5.79. The van der Waals surface area contributed by atoms with Crippen molar-refractivity contribution in [1.82, 2.24) is 63.7 Å². The molecule has 0 saturated carbocycles. The summed E-state index contributed by atoms with van der Waals surface area (Å²) in [6, 6.07) is 0.740. The van der Waals surface area contributed by atoms with Crippen LogP contribution in [0.5, 0.6) is 0 Å². The number of likely N-dealkylation sites (N-methyl/N-ethyl adjacent to an activating group) is 9. The highest BCUT2D eigenvalue weighted by molar-refractivity contribution is 4.69. The number of hydrogen-bond donors (Lipinski definition) is 0. The van der Waals surface area contributed by atoms with Gasteiger partial charge in [-0.3, -0.25) is 14.7 Å². The van der Waals surface area contributed by atoms with Crippen molar-refractivity contribution in [3.05, 3.63) is 0 Å². The van der Waals surface area contributed by atoms with Gasteiger partial charge in [0.15, 0.2) is 0 Å². The molecule has 3 saturated heterocycles. The first-order valence-electron chi connectivity index (χ1n) is 37.6. The summed E-state index contributed by atoms with van der Waals surface area (Å²) in [6.45, 7) is 62.0. The van der Waals surface area contributed by atoms with Crippen molar-refractivity contribution >= 4 is 0 Å². The average Bonchev–Trinajstić information content (AvgIpc) is 2.46. The number of unbranched alkanes of at least 4 members (excludes halogenated alkanes) is 3. The molecule has 0 N–H and O–H groups in total. The highest BCUT2D eigenvalue weighted by atomic mass is 16.5. The Bertz CT molecular complexity index is 1390. The van der Waals surface area contributed by atoms with E-state index >= 15 is 0 Å². The second-order valence-corrected chi connectivity index (χ2v) is 28.2. The normalized spacial score (nSPS) is 16.1. The van der Waals surface area contributed by atoms with Gasteiger partial charge in [0.25, 0.3) is 0 Å². The van der Waals surface area contributed by atoms with Crippen LogP contribution in [0.1, 0.15) is 122 Å². The van der Waals surface area contributed by atoms with E-state index < -0.39 is 0 Å². The summed E-state index contributed by atoms with van der Waals surface area (Å²) in [7, 11) is 33.1. The largest absolute Gasteiger partial charge is 0.381 e. The average molecular weight is 1370 g/mol. The number of rotatable bonds is 44. The van der Waals surface area contributed by atoms with Gasteiger partial charge in [-0.1, -0.05) is 74.7 Å². The molecule has 3 fully saturated rings. The molecule has 0 aromatic rings. The first kappa shape index (κ1) is 103. The second-order valence-electron chi connectivity index (χ2n) is 28.2. The zero-order valence-corrected chi connectivity index (χ0v) is 69.0. The topological polar surface area (TPSA) is 116 Å². The van der Waals surface area contributed by atoms with Crippen LogP contribution in [0.2, 0.25) is 0 Å². The van der Waals surface area contributed by atoms with Gasteiger partial charge >= 0.3 is 0 Å². The van der Waals surface area contributed by atoms with Crippen LogP contribution in [0, 0.1) is 5.92 Å². The van der Waals surface area contributed by atoms with E-state index in [2.05, 4.69) is 260 Å². The summed E-state index contributed by atoms with van der Waals surface area (Å²) < 4.78 is 43.6. The molecule has 0 radical (unpaired) electrons. The Morgan fingerprint density at radius 1 is 0.347 bits per heavy atom. The molecule has 4 unspecified atom stereocenters. The molecule has 21 heteroatoms. The van der Waals surface area contributed by atoms with E-state index in [1.807, 2.05) is 0 Å². The van der Waals surface area contributed by atoms with E-state index in [-0.39, 0.29) is 0 Å². The first-order chi connectivity index (χ1) is 45.0. The summed E-state index contributed by atoms with van der Waals surface area (Å²) in [6.07, 6.45) is 8.57. The molecule has 0 aromatic heterocycles. The van der Waals surface area contributed by atoms with Gasteiger partial charge in [0, 0.05) is 131 Å². The molecule has 3 aliphatic heterocycles. The second kappa shape index (κ2) is 75.8. The molecule has 3 rings (SSSR count). The number of ether oxygens (including phenoxy) is 8. The van der Waals surface area contributed by atoms with Crippen molar-refractivity contribution in [2.75, 3.05) is 343 Å². The van der Waals surface area contributed by atoms with Gasteiger partial charge in [-0.15, -0.1) is 0 Å². The molecule has 0 bridgehead atoms. The molecule has 4 atom stereocenters. The standard InChI is InChI=1S/C12H28N2O.C11H25NO.C10H24N2O.C9H22N2O.C8H18N2O.C8H20N2O.2C8H17NO/c1-5-13(6-2)9-11-15-12-10-14(7-3)8-4;1-4-5-6-7-10-13-11-8-9-12(2)3;1-9(7-11(3)4)13-10(2)8-12(5)6;1-9(8-11(4)5)12-7-6-10(2)3;1-9(2)3-4-10-5-7-11-8-6-10;1-9(2)5-7-11-8-6-10(3)4;1-8(2)7-9-3-5-10-6-4-9;1-3-8(2)9-4-6-10-7-5-9/h5-12H2,1-4H3;4-11H2,1-3H3;9-10H,7-8H2,1-6H3;9H,6-8H2,1-5H3;3-8H2,1-2H3;5-8H2,1-4H3;2*8H,3-7H2,1-2H3. The number of nitrogens with zero attached hydrogens (tertiary/aromatic N) is 13. The highest BCUT2D eigenvalue weighted by Crippen LogP contribution is 2.07. The van der Waals surface area contributed by atoms with Crippen molar-refractivity contribution in [3.63, 3.8) is 0 Å². The lowest BCUT2D eigenvalue weighted by Gasteiger charge is -2.31. The summed E-state index contributed by atoms with van der Waals surface area (Å²) in [5.41, 5.74) is 0. The summed E-state index contributed by atoms with van der Waals surface area (Å²) >= 11 is 0. The predicted molar refractivity (Wildman–Crippen MR) is 412 cm³/mol. The van der Waals surface area contributed by atoms with Crippen LogP contribution in [0.3, 0.4) is 0 Å². The van der Waals surface area contributed by atoms with E-state index in [1.165, 1.54) is 45.2 Å². The molecule has 0 aliphatic carbocycles. The lowest BCUT2D eigenvalue weighted by Crippen LogP contribution is -2.41. The third-order valence-corrected chi connectivity index (χ3v) is 15.5. The van der Waals surface area contributed by atoms with Gasteiger partial charge in [-0.25, -0.2) is 0 Å². The summed E-state index contributed by atoms with van der Waals surface area (Å²) in [5, 5.41) is 0. The summed E-state index contributed by atoms with van der Waals surface area (Å²) in [4.78, 5) is 29.4. The minimum absolute atomic E-state index is 0.310. The maximum absolute atomic E-state index is 5.79. The molecule has 580 valence electrons. The molecule has 0 aromatic carbocycles. The van der Waals surface area contributed by atoms with E-state index in [1.54, 1.807) is 0 Å².